The second-order valence-electron chi connectivity index (χ2n) is 6.22. The predicted octanol–water partition coefficient (Wildman–Crippen LogP) is 4.35. The van der Waals surface area contributed by atoms with Gasteiger partial charge in [0.1, 0.15) is 17.5 Å². The van der Waals surface area contributed by atoms with Crippen LogP contribution in [-0.4, -0.2) is 14.8 Å². The van der Waals surface area contributed by atoms with Gasteiger partial charge in [-0.15, -0.1) is 10.2 Å². The van der Waals surface area contributed by atoms with Gasteiger partial charge in [0.05, 0.1) is 5.56 Å². The molecule has 3 aromatic rings. The lowest BCUT2D eigenvalue weighted by Gasteiger charge is -2.25. The minimum absolute atomic E-state index is 0.0661. The van der Waals surface area contributed by atoms with Crippen molar-refractivity contribution in [3.8, 4) is 17.1 Å². The van der Waals surface area contributed by atoms with E-state index in [4.69, 9.17) is 4.74 Å². The first-order valence-corrected chi connectivity index (χ1v) is 7.68. The number of aromatic nitrogens is 3. The standard InChI is InChI=1S/C18H15F4N3O/c1-18(2,26-15-7-5-11(20)9-14(15)22)17-24-23-16(25(17)3)12-6-4-10(19)8-13(12)21/h4-9H,1-3H3. The third kappa shape index (κ3) is 3.26. The van der Waals surface area contributed by atoms with Crippen LogP contribution in [0.25, 0.3) is 11.4 Å². The van der Waals surface area contributed by atoms with Crippen LogP contribution in [0.1, 0.15) is 19.7 Å². The molecule has 0 amide bonds. The summed E-state index contributed by atoms with van der Waals surface area (Å²) in [5.41, 5.74) is -1.09. The average molecular weight is 365 g/mol. The number of benzene rings is 2. The van der Waals surface area contributed by atoms with Crippen molar-refractivity contribution in [3.63, 3.8) is 0 Å². The fraction of sp³-hybridized carbons (Fsp3) is 0.222. The normalized spacial score (nSPS) is 11.7. The van der Waals surface area contributed by atoms with Crippen LogP contribution in [0.15, 0.2) is 36.4 Å². The van der Waals surface area contributed by atoms with Crippen molar-refractivity contribution >= 4 is 0 Å². The fourth-order valence-electron chi connectivity index (χ4n) is 2.64. The minimum atomic E-state index is -1.16. The van der Waals surface area contributed by atoms with Gasteiger partial charge in [0.15, 0.2) is 28.8 Å². The van der Waals surface area contributed by atoms with E-state index in [1.165, 1.54) is 16.7 Å². The van der Waals surface area contributed by atoms with Crippen molar-refractivity contribution in [2.24, 2.45) is 7.05 Å². The largest absolute Gasteiger partial charge is 0.477 e. The second-order valence-corrected chi connectivity index (χ2v) is 6.22. The van der Waals surface area contributed by atoms with Gasteiger partial charge in [-0.3, -0.25) is 0 Å². The molecule has 3 rings (SSSR count). The van der Waals surface area contributed by atoms with Crippen LogP contribution in [0, 0.1) is 23.3 Å². The molecule has 0 aliphatic rings. The molecule has 0 aliphatic carbocycles. The molecule has 0 fully saturated rings. The van der Waals surface area contributed by atoms with Crippen molar-refractivity contribution < 1.29 is 22.3 Å². The van der Waals surface area contributed by atoms with Gasteiger partial charge in [0.25, 0.3) is 0 Å². The lowest BCUT2D eigenvalue weighted by Crippen LogP contribution is -2.29. The summed E-state index contributed by atoms with van der Waals surface area (Å²) in [6.07, 6.45) is 0. The smallest absolute Gasteiger partial charge is 0.176 e. The molecule has 0 N–H and O–H groups in total. The zero-order valence-electron chi connectivity index (χ0n) is 14.2. The van der Waals surface area contributed by atoms with Crippen molar-refractivity contribution in [2.45, 2.75) is 19.4 Å². The molecular formula is C18H15F4N3O. The molecule has 0 radical (unpaired) electrons. The summed E-state index contributed by atoms with van der Waals surface area (Å²) in [6, 6.07) is 6.07. The van der Waals surface area contributed by atoms with Crippen LogP contribution in [0.4, 0.5) is 17.6 Å². The summed E-state index contributed by atoms with van der Waals surface area (Å²) in [4.78, 5) is 0. The molecule has 0 atom stereocenters. The molecule has 1 aromatic heterocycles. The number of nitrogens with zero attached hydrogens (tertiary/aromatic N) is 3. The Kier molecular flexibility index (Phi) is 4.43. The van der Waals surface area contributed by atoms with E-state index in [2.05, 4.69) is 10.2 Å². The van der Waals surface area contributed by atoms with E-state index < -0.39 is 28.9 Å². The zero-order chi connectivity index (χ0) is 19.1. The van der Waals surface area contributed by atoms with Crippen molar-refractivity contribution in [1.29, 1.82) is 0 Å². The predicted molar refractivity (Wildman–Crippen MR) is 86.4 cm³/mol. The lowest BCUT2D eigenvalue weighted by atomic mass is 10.1. The van der Waals surface area contributed by atoms with E-state index in [-0.39, 0.29) is 23.0 Å². The SMILES string of the molecule is Cn1c(-c2ccc(F)cc2F)nnc1C(C)(C)Oc1ccc(F)cc1F. The summed E-state index contributed by atoms with van der Waals surface area (Å²) in [6.45, 7) is 3.23. The topological polar surface area (TPSA) is 39.9 Å². The molecule has 1 heterocycles. The van der Waals surface area contributed by atoms with Crippen LogP contribution >= 0.6 is 0 Å². The van der Waals surface area contributed by atoms with Gasteiger partial charge >= 0.3 is 0 Å². The summed E-state index contributed by atoms with van der Waals surface area (Å²) >= 11 is 0. The molecule has 8 heteroatoms. The van der Waals surface area contributed by atoms with Crippen LogP contribution < -0.4 is 4.74 Å². The van der Waals surface area contributed by atoms with Gasteiger partial charge in [-0.25, -0.2) is 17.6 Å². The summed E-state index contributed by atoms with van der Waals surface area (Å²) in [5, 5.41) is 7.94. The molecule has 0 bridgehead atoms. The van der Waals surface area contributed by atoms with Gasteiger partial charge in [-0.1, -0.05) is 0 Å². The van der Waals surface area contributed by atoms with Gasteiger partial charge in [-0.2, -0.15) is 0 Å². The van der Waals surface area contributed by atoms with E-state index in [0.717, 1.165) is 18.2 Å². The Bertz CT molecular complexity index is 969. The molecule has 4 nitrogen and oxygen atoms in total. The highest BCUT2D eigenvalue weighted by molar-refractivity contribution is 5.56. The molecule has 0 saturated heterocycles. The zero-order valence-corrected chi connectivity index (χ0v) is 14.2. The number of hydrogen-bond acceptors (Lipinski definition) is 3. The number of rotatable bonds is 4. The van der Waals surface area contributed by atoms with Gasteiger partial charge in [-0.05, 0) is 38.1 Å². The van der Waals surface area contributed by atoms with E-state index in [1.807, 2.05) is 0 Å². The Labute approximate surface area is 147 Å². The molecule has 0 saturated carbocycles. The van der Waals surface area contributed by atoms with Gasteiger partial charge in [0.2, 0.25) is 0 Å². The Balaban J connectivity index is 1.97. The van der Waals surface area contributed by atoms with Crippen molar-refractivity contribution in [2.75, 3.05) is 0 Å². The van der Waals surface area contributed by atoms with Crippen molar-refractivity contribution in [1.82, 2.24) is 14.8 Å². The quantitative estimate of drug-likeness (QED) is 0.646. The maximum Gasteiger partial charge on any atom is 0.176 e. The summed E-state index contributed by atoms with van der Waals surface area (Å²) < 4.78 is 61.1. The van der Waals surface area contributed by atoms with Crippen LogP contribution in [0.2, 0.25) is 0 Å². The number of halogens is 4. The van der Waals surface area contributed by atoms with Crippen LogP contribution in [-0.2, 0) is 12.6 Å². The van der Waals surface area contributed by atoms with Gasteiger partial charge < -0.3 is 9.30 Å². The molecule has 2 aromatic carbocycles. The Morgan fingerprint density at radius 3 is 2.12 bits per heavy atom. The Morgan fingerprint density at radius 1 is 0.885 bits per heavy atom. The molecule has 26 heavy (non-hydrogen) atoms. The van der Waals surface area contributed by atoms with Crippen LogP contribution in [0.3, 0.4) is 0 Å². The summed E-state index contributed by atoms with van der Waals surface area (Å²) in [7, 11) is 1.58. The Hall–Kier alpha value is -2.90. The highest BCUT2D eigenvalue weighted by Crippen LogP contribution is 2.31. The molecule has 0 spiro atoms. The third-order valence-corrected chi connectivity index (χ3v) is 3.84. The summed E-state index contributed by atoms with van der Waals surface area (Å²) in [5.74, 6) is -2.78. The van der Waals surface area contributed by atoms with E-state index in [1.54, 1.807) is 20.9 Å². The first kappa shape index (κ1) is 17.9. The molecule has 0 aliphatic heterocycles. The molecular weight excluding hydrogens is 350 g/mol. The second kappa shape index (κ2) is 6.44. The van der Waals surface area contributed by atoms with Crippen molar-refractivity contribution in [3.05, 3.63) is 65.5 Å². The lowest BCUT2D eigenvalue weighted by molar-refractivity contribution is 0.0892. The molecule has 136 valence electrons. The maximum atomic E-state index is 14.0. The third-order valence-electron chi connectivity index (χ3n) is 3.84. The monoisotopic (exact) mass is 365 g/mol. The van der Waals surface area contributed by atoms with Gasteiger partial charge in [0, 0.05) is 19.2 Å². The maximum absolute atomic E-state index is 14.0. The van der Waals surface area contributed by atoms with E-state index in [9.17, 15) is 17.6 Å². The first-order chi connectivity index (χ1) is 12.2. The number of hydrogen-bond donors (Lipinski definition) is 0. The number of ether oxygens (including phenoxy) is 1. The fourth-order valence-corrected chi connectivity index (χ4v) is 2.64. The average Bonchev–Trinajstić information content (AvgIpc) is 2.92. The van der Waals surface area contributed by atoms with E-state index in [0.29, 0.717) is 6.07 Å². The highest BCUT2D eigenvalue weighted by atomic mass is 19.1. The van der Waals surface area contributed by atoms with Crippen LogP contribution in [0.5, 0.6) is 5.75 Å². The van der Waals surface area contributed by atoms with E-state index >= 15 is 0 Å². The molecule has 0 unspecified atom stereocenters. The minimum Gasteiger partial charge on any atom is -0.477 e. The first-order valence-electron chi connectivity index (χ1n) is 7.68. The Morgan fingerprint density at radius 2 is 1.50 bits per heavy atom. The highest BCUT2D eigenvalue weighted by Gasteiger charge is 2.31.